The van der Waals surface area contributed by atoms with Gasteiger partial charge in [-0.15, -0.1) is 0 Å². The quantitative estimate of drug-likeness (QED) is 0.441. The Bertz CT molecular complexity index is 1250. The van der Waals surface area contributed by atoms with Crippen LogP contribution >= 0.6 is 11.6 Å². The summed E-state index contributed by atoms with van der Waals surface area (Å²) < 4.78 is 33.4. The van der Waals surface area contributed by atoms with Crippen LogP contribution in [0.2, 0.25) is 5.02 Å². The highest BCUT2D eigenvalue weighted by Crippen LogP contribution is 2.27. The van der Waals surface area contributed by atoms with E-state index in [0.717, 1.165) is 11.1 Å². The third-order valence-electron chi connectivity index (χ3n) is 4.34. The van der Waals surface area contributed by atoms with Crippen molar-refractivity contribution in [1.82, 2.24) is 4.98 Å². The number of rotatable bonds is 5. The second-order valence-corrected chi connectivity index (χ2v) is 8.66. The van der Waals surface area contributed by atoms with Crippen LogP contribution in [0.15, 0.2) is 88.4 Å². The molecule has 29 heavy (non-hydrogen) atoms. The van der Waals surface area contributed by atoms with Gasteiger partial charge in [-0.2, -0.15) is 0 Å². The van der Waals surface area contributed by atoms with Gasteiger partial charge in [0.2, 0.25) is 5.89 Å². The Hall–Kier alpha value is -3.09. The summed E-state index contributed by atoms with van der Waals surface area (Å²) in [6.45, 7) is 2.02. The molecule has 0 amide bonds. The number of hydrogen-bond donors (Lipinski definition) is 1. The summed E-state index contributed by atoms with van der Waals surface area (Å²) in [6.07, 6.45) is 1.59. The molecule has 1 aromatic heterocycles. The van der Waals surface area contributed by atoms with Crippen LogP contribution in [-0.2, 0) is 10.0 Å². The molecular formula is C22H17ClN2O3S. The number of benzene rings is 3. The van der Waals surface area contributed by atoms with Gasteiger partial charge < -0.3 is 4.42 Å². The zero-order valence-electron chi connectivity index (χ0n) is 15.5. The molecule has 4 aromatic rings. The number of aromatic nitrogens is 1. The lowest BCUT2D eigenvalue weighted by Gasteiger charge is -2.09. The predicted molar refractivity (Wildman–Crippen MR) is 114 cm³/mol. The summed E-state index contributed by atoms with van der Waals surface area (Å²) in [7, 11) is -3.73. The van der Waals surface area contributed by atoms with Crippen molar-refractivity contribution in [1.29, 1.82) is 0 Å². The second-order valence-electron chi connectivity index (χ2n) is 6.54. The maximum Gasteiger partial charge on any atom is 0.261 e. The van der Waals surface area contributed by atoms with Crippen LogP contribution in [0.3, 0.4) is 0 Å². The molecule has 0 aliphatic rings. The first-order chi connectivity index (χ1) is 13.9. The molecule has 0 aliphatic heterocycles. The fourth-order valence-electron chi connectivity index (χ4n) is 2.81. The standard InChI is InChI=1S/C22H17ClN2O3S/c1-15-5-7-16(8-6-15)21-14-28-22(24-21)17-3-2-4-19(13-17)25-29(26,27)20-11-9-18(23)10-12-20/h2-14,25H,1H3. The molecular weight excluding hydrogens is 408 g/mol. The minimum atomic E-state index is -3.73. The van der Waals surface area contributed by atoms with E-state index in [1.54, 1.807) is 24.5 Å². The molecule has 146 valence electrons. The zero-order chi connectivity index (χ0) is 20.4. The number of nitrogens with one attached hydrogen (secondary N) is 1. The Morgan fingerprint density at radius 2 is 1.66 bits per heavy atom. The third kappa shape index (κ3) is 4.34. The molecule has 0 aliphatic carbocycles. The highest BCUT2D eigenvalue weighted by molar-refractivity contribution is 7.92. The second kappa shape index (κ2) is 7.73. The molecule has 1 N–H and O–H groups in total. The molecule has 0 radical (unpaired) electrons. The van der Waals surface area contributed by atoms with Crippen LogP contribution in [0.5, 0.6) is 0 Å². The molecule has 0 fully saturated rings. The van der Waals surface area contributed by atoms with E-state index >= 15 is 0 Å². The molecule has 4 rings (SSSR count). The van der Waals surface area contributed by atoms with E-state index in [2.05, 4.69) is 9.71 Å². The number of sulfonamides is 1. The van der Waals surface area contributed by atoms with E-state index in [4.69, 9.17) is 16.0 Å². The van der Waals surface area contributed by atoms with E-state index < -0.39 is 10.0 Å². The van der Waals surface area contributed by atoms with Gasteiger partial charge in [-0.1, -0.05) is 47.5 Å². The van der Waals surface area contributed by atoms with Crippen LogP contribution in [0.1, 0.15) is 5.56 Å². The van der Waals surface area contributed by atoms with Gasteiger partial charge in [-0.05, 0) is 49.4 Å². The molecule has 7 heteroatoms. The van der Waals surface area contributed by atoms with E-state index in [0.29, 0.717) is 27.9 Å². The summed E-state index contributed by atoms with van der Waals surface area (Å²) in [6, 6.07) is 20.9. The third-order valence-corrected chi connectivity index (χ3v) is 5.99. The van der Waals surface area contributed by atoms with Gasteiger partial charge in [0.1, 0.15) is 12.0 Å². The van der Waals surface area contributed by atoms with E-state index in [9.17, 15) is 8.42 Å². The number of hydrogen-bond acceptors (Lipinski definition) is 4. The minimum Gasteiger partial charge on any atom is -0.444 e. The molecule has 0 atom stereocenters. The number of halogens is 1. The molecule has 1 heterocycles. The zero-order valence-corrected chi connectivity index (χ0v) is 17.0. The Kier molecular flexibility index (Phi) is 5.13. The van der Waals surface area contributed by atoms with Gasteiger partial charge in [-0.3, -0.25) is 4.72 Å². The first kappa shape index (κ1) is 19.2. The van der Waals surface area contributed by atoms with Crippen LogP contribution < -0.4 is 4.72 Å². The normalized spacial score (nSPS) is 11.4. The van der Waals surface area contributed by atoms with E-state index in [1.807, 2.05) is 37.3 Å². The van der Waals surface area contributed by atoms with Crippen LogP contribution in [0.25, 0.3) is 22.7 Å². The average Bonchev–Trinajstić information content (AvgIpc) is 3.19. The lowest BCUT2D eigenvalue weighted by Crippen LogP contribution is -2.12. The molecule has 0 bridgehead atoms. The Labute approximate surface area is 174 Å². The summed E-state index contributed by atoms with van der Waals surface area (Å²) >= 11 is 5.83. The minimum absolute atomic E-state index is 0.130. The van der Waals surface area contributed by atoms with Crippen molar-refractivity contribution >= 4 is 27.3 Å². The monoisotopic (exact) mass is 424 g/mol. The van der Waals surface area contributed by atoms with Crippen molar-refractivity contribution in [2.75, 3.05) is 4.72 Å². The number of aryl methyl sites for hydroxylation is 1. The van der Waals surface area contributed by atoms with Gasteiger partial charge in [0.15, 0.2) is 0 Å². The Morgan fingerprint density at radius 1 is 0.931 bits per heavy atom. The fraction of sp³-hybridized carbons (Fsp3) is 0.0455. The summed E-state index contributed by atoms with van der Waals surface area (Å²) in [5.74, 6) is 0.410. The van der Waals surface area contributed by atoms with Gasteiger partial charge in [0.25, 0.3) is 10.0 Å². The topological polar surface area (TPSA) is 72.2 Å². The largest absolute Gasteiger partial charge is 0.444 e. The molecule has 0 saturated carbocycles. The van der Waals surface area contributed by atoms with Crippen LogP contribution in [0, 0.1) is 6.92 Å². The number of anilines is 1. The van der Waals surface area contributed by atoms with E-state index in [1.165, 1.54) is 24.3 Å². The predicted octanol–water partition coefficient (Wildman–Crippen LogP) is 5.77. The van der Waals surface area contributed by atoms with Crippen molar-refractivity contribution in [2.24, 2.45) is 0 Å². The Morgan fingerprint density at radius 3 is 2.38 bits per heavy atom. The maximum absolute atomic E-state index is 12.6. The van der Waals surface area contributed by atoms with Crippen molar-refractivity contribution in [3.63, 3.8) is 0 Å². The fourth-order valence-corrected chi connectivity index (χ4v) is 3.98. The number of oxazole rings is 1. The Balaban J connectivity index is 1.59. The van der Waals surface area contributed by atoms with Gasteiger partial charge >= 0.3 is 0 Å². The van der Waals surface area contributed by atoms with Crippen molar-refractivity contribution in [2.45, 2.75) is 11.8 Å². The SMILES string of the molecule is Cc1ccc(-c2coc(-c3cccc(NS(=O)(=O)c4ccc(Cl)cc4)c3)n2)cc1. The van der Waals surface area contributed by atoms with Gasteiger partial charge in [0, 0.05) is 21.8 Å². The highest BCUT2D eigenvalue weighted by atomic mass is 35.5. The lowest BCUT2D eigenvalue weighted by molar-refractivity contribution is 0.575. The molecule has 0 spiro atoms. The van der Waals surface area contributed by atoms with Crippen LogP contribution in [-0.4, -0.2) is 13.4 Å². The summed E-state index contributed by atoms with van der Waals surface area (Å²) in [4.78, 5) is 4.66. The average molecular weight is 425 g/mol. The molecule has 5 nitrogen and oxygen atoms in total. The van der Waals surface area contributed by atoms with Crippen molar-refractivity contribution < 1.29 is 12.8 Å². The molecule has 0 unspecified atom stereocenters. The van der Waals surface area contributed by atoms with Crippen molar-refractivity contribution in [3.8, 4) is 22.7 Å². The highest BCUT2D eigenvalue weighted by Gasteiger charge is 2.15. The van der Waals surface area contributed by atoms with Crippen molar-refractivity contribution in [3.05, 3.63) is 89.6 Å². The van der Waals surface area contributed by atoms with E-state index in [-0.39, 0.29) is 4.90 Å². The summed E-state index contributed by atoms with van der Waals surface area (Å²) in [5.41, 5.74) is 3.91. The molecule has 0 saturated heterocycles. The van der Waals surface area contributed by atoms with Gasteiger partial charge in [0.05, 0.1) is 4.90 Å². The number of nitrogens with zero attached hydrogens (tertiary/aromatic N) is 1. The van der Waals surface area contributed by atoms with Gasteiger partial charge in [-0.25, -0.2) is 13.4 Å². The summed E-state index contributed by atoms with van der Waals surface area (Å²) in [5, 5.41) is 0.472. The molecule has 3 aromatic carbocycles. The smallest absolute Gasteiger partial charge is 0.261 e. The first-order valence-electron chi connectivity index (χ1n) is 8.82. The van der Waals surface area contributed by atoms with Crippen LogP contribution in [0.4, 0.5) is 5.69 Å². The maximum atomic E-state index is 12.6. The first-order valence-corrected chi connectivity index (χ1v) is 10.7. The lowest BCUT2D eigenvalue weighted by atomic mass is 10.1.